The molecule has 2 aromatic carbocycles. The van der Waals surface area contributed by atoms with Crippen molar-refractivity contribution in [1.82, 2.24) is 29.7 Å². The van der Waals surface area contributed by atoms with Crippen LogP contribution in [0, 0.1) is 5.92 Å². The van der Waals surface area contributed by atoms with Gasteiger partial charge in [-0.1, -0.05) is 20.6 Å². The van der Waals surface area contributed by atoms with Gasteiger partial charge in [-0.05, 0) is 94.3 Å². The predicted octanol–water partition coefficient (Wildman–Crippen LogP) is 6.09. The number of piperazine rings is 1. The second-order valence-electron chi connectivity index (χ2n) is 13.3. The summed E-state index contributed by atoms with van der Waals surface area (Å²) in [7, 11) is 1.78. The van der Waals surface area contributed by atoms with Crippen LogP contribution in [0.1, 0.15) is 36.8 Å². The lowest BCUT2D eigenvalue weighted by Gasteiger charge is -2.43. The summed E-state index contributed by atoms with van der Waals surface area (Å²) in [5, 5.41) is 8.29. The van der Waals surface area contributed by atoms with Crippen LogP contribution in [0.3, 0.4) is 0 Å². The van der Waals surface area contributed by atoms with Gasteiger partial charge < -0.3 is 20.4 Å². The number of aromatic nitrogens is 4. The minimum Gasteiger partial charge on any atom is -0.371 e. The van der Waals surface area contributed by atoms with Crippen LogP contribution in [0.5, 0.6) is 0 Å². The first-order valence-corrected chi connectivity index (χ1v) is 18.9. The van der Waals surface area contributed by atoms with Crippen molar-refractivity contribution in [1.29, 1.82) is 0 Å². The highest BCUT2D eigenvalue weighted by molar-refractivity contribution is 7.65. The first-order valence-electron chi connectivity index (χ1n) is 16.7. The highest BCUT2D eigenvalue weighted by Gasteiger charge is 2.29. The van der Waals surface area contributed by atoms with E-state index in [2.05, 4.69) is 91.5 Å². The van der Waals surface area contributed by atoms with Crippen LogP contribution in [0.2, 0.25) is 0 Å². The lowest BCUT2D eigenvalue weighted by atomic mass is 9.99. The molecule has 46 heavy (non-hydrogen) atoms. The number of rotatable bonds is 10. The summed E-state index contributed by atoms with van der Waals surface area (Å²) in [6.45, 7) is 15.5. The monoisotopic (exact) mass is 635 g/mol. The van der Waals surface area contributed by atoms with E-state index < -0.39 is 7.92 Å². The number of benzene rings is 2. The number of fused-ring (bicyclic) bond motifs is 1. The van der Waals surface area contributed by atoms with Crippen molar-refractivity contribution in [3.05, 3.63) is 66.6 Å². The van der Waals surface area contributed by atoms with Crippen molar-refractivity contribution in [3.63, 3.8) is 0 Å². The molecule has 1 aliphatic carbocycles. The van der Waals surface area contributed by atoms with Gasteiger partial charge in [-0.25, -0.2) is 4.98 Å². The molecule has 240 valence electrons. The molecule has 10 heteroatoms. The van der Waals surface area contributed by atoms with Gasteiger partial charge in [0.2, 0.25) is 5.95 Å². The number of anilines is 5. The van der Waals surface area contributed by atoms with E-state index in [-0.39, 0.29) is 0 Å². The summed E-state index contributed by atoms with van der Waals surface area (Å²) >= 11 is 0. The Balaban J connectivity index is 1.10. The summed E-state index contributed by atoms with van der Waals surface area (Å²) in [5.41, 5.74) is 7.54. The van der Waals surface area contributed by atoms with E-state index in [0.29, 0.717) is 11.8 Å². The molecule has 2 saturated heterocycles. The summed E-state index contributed by atoms with van der Waals surface area (Å²) in [6, 6.07) is 11.7. The summed E-state index contributed by atoms with van der Waals surface area (Å²) in [6.07, 6.45) is 13.4. The van der Waals surface area contributed by atoms with Gasteiger partial charge in [0.05, 0.1) is 11.0 Å². The zero-order valence-corrected chi connectivity index (χ0v) is 28.3. The second kappa shape index (κ2) is 13.6. The number of piperidine rings is 1. The van der Waals surface area contributed by atoms with Gasteiger partial charge in [-0.15, -0.1) is 0 Å². The van der Waals surface area contributed by atoms with Crippen LogP contribution in [0.4, 0.5) is 28.8 Å². The van der Waals surface area contributed by atoms with E-state index >= 15 is 0 Å². The lowest BCUT2D eigenvalue weighted by Crippen LogP contribution is -2.52. The van der Waals surface area contributed by atoms with Gasteiger partial charge in [0.1, 0.15) is 5.82 Å². The maximum absolute atomic E-state index is 4.94. The highest BCUT2D eigenvalue weighted by atomic mass is 31.1. The maximum Gasteiger partial charge on any atom is 0.229 e. The molecule has 0 atom stereocenters. The van der Waals surface area contributed by atoms with Crippen LogP contribution < -0.4 is 20.8 Å². The van der Waals surface area contributed by atoms with Gasteiger partial charge in [0.15, 0.2) is 0 Å². The standard InChI is InChI=1S/C36H46N9P/c1-5-26-24-39-36(42-35(26)41-31-10-9-30-33(34(31)46(3)4)38-15-14-37-30)40-28-8-11-32(27(23-28)22-25-6-7-25)45-16-12-29(13-17-45)44-20-18-43(2)19-21-44/h5,8-11,14-15,23-25,29H,1,6-7,12-13,16-22H2,2-4H3,(H2,39,40,41,42). The van der Waals surface area contributed by atoms with E-state index in [1.54, 1.807) is 18.5 Å². The van der Waals surface area contributed by atoms with E-state index in [0.717, 1.165) is 59.4 Å². The third-order valence-electron chi connectivity index (χ3n) is 9.75. The van der Waals surface area contributed by atoms with Crippen LogP contribution in [0.15, 0.2) is 55.5 Å². The minimum absolute atomic E-state index is 0.455. The Morgan fingerprint density at radius 2 is 1.70 bits per heavy atom. The molecule has 7 rings (SSSR count). The van der Waals surface area contributed by atoms with Crippen molar-refractivity contribution >= 4 is 59.2 Å². The molecule has 0 spiro atoms. The van der Waals surface area contributed by atoms with Crippen molar-refractivity contribution < 1.29 is 0 Å². The molecule has 4 aromatic rings. The Kier molecular flexibility index (Phi) is 9.16. The summed E-state index contributed by atoms with van der Waals surface area (Å²) in [5.74, 6) is 2.08. The first kappa shape index (κ1) is 31.0. The van der Waals surface area contributed by atoms with Crippen molar-refractivity contribution in [2.45, 2.75) is 38.1 Å². The molecule has 0 amide bonds. The predicted molar refractivity (Wildman–Crippen MR) is 194 cm³/mol. The Morgan fingerprint density at radius 3 is 2.43 bits per heavy atom. The summed E-state index contributed by atoms with van der Waals surface area (Å²) < 4.78 is 0. The Labute approximate surface area is 274 Å². The van der Waals surface area contributed by atoms with Crippen LogP contribution in [0.25, 0.3) is 17.1 Å². The minimum atomic E-state index is -0.455. The molecule has 1 saturated carbocycles. The summed E-state index contributed by atoms with van der Waals surface area (Å²) in [4.78, 5) is 26.6. The Morgan fingerprint density at radius 1 is 0.913 bits per heavy atom. The smallest absolute Gasteiger partial charge is 0.229 e. The van der Waals surface area contributed by atoms with Crippen LogP contribution >= 0.6 is 7.92 Å². The number of likely N-dealkylation sites (N-methyl/N-ethyl adjacent to an activating group) is 1. The molecule has 2 N–H and O–H groups in total. The van der Waals surface area contributed by atoms with Gasteiger partial charge in [-0.2, -0.15) is 4.98 Å². The van der Waals surface area contributed by atoms with Gasteiger partial charge in [0.25, 0.3) is 0 Å². The molecule has 3 aliphatic rings. The number of nitrogens with zero attached hydrogens (tertiary/aromatic N) is 7. The van der Waals surface area contributed by atoms with Gasteiger partial charge in [-0.3, -0.25) is 14.9 Å². The lowest BCUT2D eigenvalue weighted by molar-refractivity contribution is 0.0982. The van der Waals surface area contributed by atoms with Crippen LogP contribution in [-0.4, -0.2) is 95.4 Å². The molecule has 0 radical (unpaired) electrons. The largest absolute Gasteiger partial charge is 0.371 e. The van der Waals surface area contributed by atoms with Crippen molar-refractivity contribution in [2.24, 2.45) is 5.92 Å². The topological polar surface area (TPSA) is 85.3 Å². The fraction of sp³-hybridized carbons (Fsp3) is 0.444. The normalized spacial score (nSPS) is 18.3. The molecular weight excluding hydrogens is 589 g/mol. The number of nitrogens with one attached hydrogen (secondary N) is 2. The van der Waals surface area contributed by atoms with E-state index in [9.17, 15) is 0 Å². The van der Waals surface area contributed by atoms with E-state index in [1.807, 2.05) is 12.3 Å². The third-order valence-corrected chi connectivity index (χ3v) is 11.1. The van der Waals surface area contributed by atoms with Crippen molar-refractivity contribution in [2.75, 3.05) is 75.2 Å². The van der Waals surface area contributed by atoms with Crippen molar-refractivity contribution in [3.8, 4) is 0 Å². The Bertz CT molecular complexity index is 1690. The molecule has 0 unspecified atom stereocenters. The SMILES string of the molecule is C=Cc1cnc(Nc2ccc(N3CCC(N4CCN(C)CC4)CC3)c(CC3CC3)c2)nc1Nc1ccc2nccnc2c1P(C)C. The molecule has 2 aliphatic heterocycles. The highest BCUT2D eigenvalue weighted by Crippen LogP contribution is 2.38. The molecule has 3 fully saturated rings. The van der Waals surface area contributed by atoms with Gasteiger partial charge >= 0.3 is 0 Å². The molecule has 9 nitrogen and oxygen atoms in total. The quantitative estimate of drug-likeness (QED) is 0.201. The fourth-order valence-corrected chi connectivity index (χ4v) is 8.17. The molecule has 4 heterocycles. The number of hydrogen-bond acceptors (Lipinski definition) is 9. The average Bonchev–Trinajstić information content (AvgIpc) is 3.89. The van der Waals surface area contributed by atoms with Crippen LogP contribution in [-0.2, 0) is 6.42 Å². The molecule has 2 aromatic heterocycles. The van der Waals surface area contributed by atoms with E-state index in [1.165, 1.54) is 68.4 Å². The number of hydrogen-bond donors (Lipinski definition) is 2. The average molecular weight is 636 g/mol. The fourth-order valence-electron chi connectivity index (χ4n) is 6.96. The zero-order chi connectivity index (χ0) is 31.6. The zero-order valence-electron chi connectivity index (χ0n) is 27.4. The van der Waals surface area contributed by atoms with Gasteiger partial charge in [0, 0.05) is 91.8 Å². The maximum atomic E-state index is 4.94. The van der Waals surface area contributed by atoms with E-state index in [4.69, 9.17) is 4.98 Å². The second-order valence-corrected chi connectivity index (χ2v) is 15.5. The third kappa shape index (κ3) is 6.87. The molecule has 0 bridgehead atoms. The first-order chi connectivity index (χ1) is 22.4. The Hall–Kier alpha value is -3.65. The molecular formula is C36H46N9P.